The van der Waals surface area contributed by atoms with Crippen LogP contribution < -0.4 is 5.32 Å². The van der Waals surface area contributed by atoms with Crippen molar-refractivity contribution in [3.05, 3.63) is 30.1 Å². The van der Waals surface area contributed by atoms with Crippen LogP contribution in [0.4, 0.5) is 0 Å². The van der Waals surface area contributed by atoms with Crippen molar-refractivity contribution in [3.8, 4) is 0 Å². The van der Waals surface area contributed by atoms with Gasteiger partial charge in [-0.3, -0.25) is 14.6 Å². The Morgan fingerprint density at radius 1 is 1.47 bits per heavy atom. The van der Waals surface area contributed by atoms with E-state index < -0.39 is 30.3 Å². The Bertz CT molecular complexity index is 460. The summed E-state index contributed by atoms with van der Waals surface area (Å²) in [6.07, 6.45) is 2.37. The van der Waals surface area contributed by atoms with Gasteiger partial charge in [0.15, 0.2) is 0 Å². The second-order valence-corrected chi connectivity index (χ2v) is 3.62. The molecule has 0 aromatic carbocycles. The Kier molecular flexibility index (Phi) is 5.46. The molecule has 1 rings (SSSR count). The molecule has 1 amide bonds. The number of rotatable bonds is 6. The van der Waals surface area contributed by atoms with Crippen LogP contribution in [0.25, 0.3) is 0 Å². The highest BCUT2D eigenvalue weighted by atomic mass is 16.5. The van der Waals surface area contributed by atoms with Gasteiger partial charge in [0.1, 0.15) is 6.04 Å². The average molecular weight is 266 g/mol. The van der Waals surface area contributed by atoms with E-state index in [2.05, 4.69) is 15.0 Å². The van der Waals surface area contributed by atoms with Crippen LogP contribution in [0, 0.1) is 0 Å². The highest BCUT2D eigenvalue weighted by Gasteiger charge is 2.24. The molecule has 0 unspecified atom stereocenters. The van der Waals surface area contributed by atoms with Gasteiger partial charge < -0.3 is 15.2 Å². The van der Waals surface area contributed by atoms with E-state index in [0.717, 1.165) is 0 Å². The fourth-order valence-electron chi connectivity index (χ4n) is 1.33. The second-order valence-electron chi connectivity index (χ2n) is 3.62. The van der Waals surface area contributed by atoms with Crippen LogP contribution in [0.1, 0.15) is 23.7 Å². The lowest BCUT2D eigenvalue weighted by molar-refractivity contribution is -0.149. The van der Waals surface area contributed by atoms with E-state index >= 15 is 0 Å². The van der Waals surface area contributed by atoms with E-state index in [1.807, 2.05) is 0 Å². The van der Waals surface area contributed by atoms with E-state index in [9.17, 15) is 14.4 Å². The third kappa shape index (κ3) is 4.74. The standard InChI is InChI=1S/C12H14N2O5/c1-2-19-10(15)6-9(12(17)18)14-11(16)8-4-3-5-13-7-8/h3-5,7,9H,2,6H2,1H3,(H,14,16)(H,17,18)/t9-/m1/s1. The number of carbonyl (C=O) groups is 3. The molecule has 0 saturated carbocycles. The van der Waals surface area contributed by atoms with E-state index in [0.29, 0.717) is 0 Å². The summed E-state index contributed by atoms with van der Waals surface area (Å²) in [6.45, 7) is 1.77. The lowest BCUT2D eigenvalue weighted by Crippen LogP contribution is -2.42. The van der Waals surface area contributed by atoms with Crippen LogP contribution in [0.5, 0.6) is 0 Å². The van der Waals surface area contributed by atoms with E-state index in [-0.39, 0.29) is 12.2 Å². The van der Waals surface area contributed by atoms with Crippen molar-refractivity contribution in [2.45, 2.75) is 19.4 Å². The van der Waals surface area contributed by atoms with E-state index in [1.165, 1.54) is 18.5 Å². The molecule has 2 N–H and O–H groups in total. The number of pyridine rings is 1. The third-order valence-corrected chi connectivity index (χ3v) is 2.20. The fourth-order valence-corrected chi connectivity index (χ4v) is 1.33. The first-order valence-electron chi connectivity index (χ1n) is 5.64. The number of carboxylic acids is 1. The smallest absolute Gasteiger partial charge is 0.326 e. The van der Waals surface area contributed by atoms with Gasteiger partial charge in [-0.25, -0.2) is 4.79 Å². The predicted octanol–water partition coefficient (Wildman–Crippen LogP) is 0.218. The Morgan fingerprint density at radius 2 is 2.21 bits per heavy atom. The Hall–Kier alpha value is -2.44. The molecule has 0 spiro atoms. The maximum absolute atomic E-state index is 11.7. The molecule has 0 saturated heterocycles. The molecule has 1 atom stereocenters. The van der Waals surface area contributed by atoms with Crippen molar-refractivity contribution in [1.29, 1.82) is 0 Å². The number of aromatic nitrogens is 1. The molecule has 19 heavy (non-hydrogen) atoms. The lowest BCUT2D eigenvalue weighted by Gasteiger charge is -2.13. The van der Waals surface area contributed by atoms with Crippen LogP contribution in [-0.4, -0.2) is 40.6 Å². The number of hydrogen-bond acceptors (Lipinski definition) is 5. The predicted molar refractivity (Wildman–Crippen MR) is 64.4 cm³/mol. The van der Waals surface area contributed by atoms with Crippen LogP contribution in [0.3, 0.4) is 0 Å². The van der Waals surface area contributed by atoms with E-state index in [4.69, 9.17) is 5.11 Å². The molecule has 1 aromatic rings. The van der Waals surface area contributed by atoms with Gasteiger partial charge in [-0.15, -0.1) is 0 Å². The van der Waals surface area contributed by atoms with Gasteiger partial charge in [0, 0.05) is 12.4 Å². The molecule has 1 heterocycles. The number of nitrogens with one attached hydrogen (secondary N) is 1. The summed E-state index contributed by atoms with van der Waals surface area (Å²) in [5, 5.41) is 11.2. The van der Waals surface area contributed by atoms with Crippen molar-refractivity contribution in [2.75, 3.05) is 6.61 Å². The van der Waals surface area contributed by atoms with Crippen LogP contribution in [0.2, 0.25) is 0 Å². The zero-order valence-electron chi connectivity index (χ0n) is 10.3. The Morgan fingerprint density at radius 3 is 2.74 bits per heavy atom. The topological polar surface area (TPSA) is 106 Å². The molecule has 102 valence electrons. The number of carbonyl (C=O) groups excluding carboxylic acids is 2. The van der Waals surface area contributed by atoms with Crippen LogP contribution in [0.15, 0.2) is 24.5 Å². The number of ether oxygens (including phenoxy) is 1. The molecule has 0 radical (unpaired) electrons. The van der Waals surface area contributed by atoms with E-state index in [1.54, 1.807) is 13.0 Å². The minimum Gasteiger partial charge on any atom is -0.480 e. The largest absolute Gasteiger partial charge is 0.480 e. The summed E-state index contributed by atoms with van der Waals surface area (Å²) >= 11 is 0. The van der Waals surface area contributed by atoms with Gasteiger partial charge in [-0.2, -0.15) is 0 Å². The maximum atomic E-state index is 11.7. The minimum atomic E-state index is -1.33. The van der Waals surface area contributed by atoms with Gasteiger partial charge in [-0.1, -0.05) is 0 Å². The van der Waals surface area contributed by atoms with Crippen molar-refractivity contribution in [3.63, 3.8) is 0 Å². The van der Waals surface area contributed by atoms with Crippen molar-refractivity contribution >= 4 is 17.8 Å². The van der Waals surface area contributed by atoms with Gasteiger partial charge >= 0.3 is 11.9 Å². The second kappa shape index (κ2) is 7.10. The number of amides is 1. The summed E-state index contributed by atoms with van der Waals surface area (Å²) in [5.41, 5.74) is 0.220. The third-order valence-electron chi connectivity index (χ3n) is 2.20. The lowest BCUT2D eigenvalue weighted by atomic mass is 10.2. The number of esters is 1. The molecule has 0 aliphatic heterocycles. The number of aliphatic carboxylic acids is 1. The van der Waals surface area contributed by atoms with Crippen LogP contribution in [-0.2, 0) is 14.3 Å². The Balaban J connectivity index is 2.66. The summed E-state index contributed by atoms with van der Waals surface area (Å²) in [7, 11) is 0. The quantitative estimate of drug-likeness (QED) is 0.713. The number of carboxylic acid groups (broad SMARTS) is 1. The molecule has 0 fully saturated rings. The van der Waals surface area contributed by atoms with Gasteiger partial charge in [0.25, 0.3) is 5.91 Å². The number of hydrogen-bond donors (Lipinski definition) is 2. The summed E-state index contributed by atoms with van der Waals surface area (Å²) in [4.78, 5) is 37.7. The molecular formula is C12H14N2O5. The van der Waals surface area contributed by atoms with Gasteiger partial charge in [0.2, 0.25) is 0 Å². The van der Waals surface area contributed by atoms with Crippen molar-refractivity contribution < 1.29 is 24.2 Å². The van der Waals surface area contributed by atoms with Crippen LogP contribution >= 0.6 is 0 Å². The van der Waals surface area contributed by atoms with Gasteiger partial charge in [-0.05, 0) is 19.1 Å². The molecule has 1 aromatic heterocycles. The SMILES string of the molecule is CCOC(=O)C[C@@H](NC(=O)c1cccnc1)C(=O)O. The fraction of sp³-hybridized carbons (Fsp3) is 0.333. The zero-order chi connectivity index (χ0) is 14.3. The first-order valence-corrected chi connectivity index (χ1v) is 5.64. The molecule has 7 heteroatoms. The highest BCUT2D eigenvalue weighted by molar-refractivity contribution is 5.97. The van der Waals surface area contributed by atoms with Crippen molar-refractivity contribution in [1.82, 2.24) is 10.3 Å². The Labute approximate surface area is 109 Å². The highest BCUT2D eigenvalue weighted by Crippen LogP contribution is 2.00. The number of nitrogens with zero attached hydrogens (tertiary/aromatic N) is 1. The summed E-state index contributed by atoms with van der Waals surface area (Å²) in [5.74, 6) is -2.59. The molecule has 0 aliphatic rings. The summed E-state index contributed by atoms with van der Waals surface area (Å²) < 4.78 is 4.64. The molecule has 7 nitrogen and oxygen atoms in total. The monoisotopic (exact) mass is 266 g/mol. The first kappa shape index (κ1) is 14.6. The minimum absolute atomic E-state index is 0.154. The molecular weight excluding hydrogens is 252 g/mol. The maximum Gasteiger partial charge on any atom is 0.326 e. The van der Waals surface area contributed by atoms with Crippen molar-refractivity contribution in [2.24, 2.45) is 0 Å². The molecule has 0 bridgehead atoms. The normalized spacial score (nSPS) is 11.4. The average Bonchev–Trinajstić information content (AvgIpc) is 2.39. The zero-order valence-corrected chi connectivity index (χ0v) is 10.3. The van der Waals surface area contributed by atoms with Gasteiger partial charge in [0.05, 0.1) is 18.6 Å². The first-order chi connectivity index (χ1) is 9.04. The summed E-state index contributed by atoms with van der Waals surface area (Å²) in [6, 6.07) is 1.72. The molecule has 0 aliphatic carbocycles.